The number of ether oxygens (including phenoxy) is 1. The Kier molecular flexibility index (Phi) is 9.49. The average Bonchev–Trinajstić information content (AvgIpc) is 3.19. The molecule has 0 radical (unpaired) electrons. The molecule has 2 aliphatic heterocycles. The molecule has 1 aliphatic carbocycles. The number of carbonyl (C=O) groups excluding carboxylic acids is 2. The predicted octanol–water partition coefficient (Wildman–Crippen LogP) is 5.46. The molecule has 0 unspecified atom stereocenters. The van der Waals surface area contributed by atoms with Gasteiger partial charge in [-0.15, -0.1) is 12.4 Å². The smallest absolute Gasteiger partial charge is 0.324 e. The van der Waals surface area contributed by atoms with E-state index in [9.17, 15) is 9.59 Å². The number of halogens is 1. The Hall–Kier alpha value is -2.57. The highest BCUT2D eigenvalue weighted by atomic mass is 35.5. The number of nitrogens with zero attached hydrogens (tertiary/aromatic N) is 3. The monoisotopic (exact) mass is 525 g/mol. The number of esters is 1. The molecule has 0 atom stereocenters. The number of benzene rings is 2. The van der Waals surface area contributed by atoms with Crippen molar-refractivity contribution in [1.29, 1.82) is 0 Å². The highest BCUT2D eigenvalue weighted by Crippen LogP contribution is 2.34. The Morgan fingerprint density at radius 1 is 0.919 bits per heavy atom. The van der Waals surface area contributed by atoms with Gasteiger partial charge in [-0.3, -0.25) is 14.6 Å². The molecule has 0 N–H and O–H groups in total. The lowest BCUT2D eigenvalue weighted by Gasteiger charge is -2.34. The molecular formula is C30H40ClN3O3. The minimum Gasteiger partial charge on any atom is -0.469 e. The van der Waals surface area contributed by atoms with Crippen molar-refractivity contribution >= 4 is 30.1 Å². The Bertz CT molecular complexity index is 1060. The molecule has 0 aromatic heterocycles. The number of amides is 2. The van der Waals surface area contributed by atoms with Gasteiger partial charge in [-0.2, -0.15) is 0 Å². The van der Waals surface area contributed by atoms with Gasteiger partial charge in [0.25, 0.3) is 0 Å². The minimum atomic E-state index is -0.118. The maximum atomic E-state index is 13.4. The second kappa shape index (κ2) is 12.8. The van der Waals surface area contributed by atoms with Crippen LogP contribution in [-0.2, 0) is 28.9 Å². The molecule has 1 saturated carbocycles. The van der Waals surface area contributed by atoms with Crippen LogP contribution in [0.2, 0.25) is 0 Å². The standard InChI is InChI=1S/C30H39N3O3.ClH/c1-36-29(34)14-9-23-7-11-27(12-8-23)32-19-20-33(30(32)35)28-13-10-25-15-17-31(18-16-26(25)21-28)22-24-5-3-2-4-6-24;/h2-6,10,13,21,23,27H,7-9,11-12,14-20,22H2,1H3;1H. The van der Waals surface area contributed by atoms with Gasteiger partial charge in [0.1, 0.15) is 0 Å². The molecule has 2 aromatic carbocycles. The van der Waals surface area contributed by atoms with Gasteiger partial charge in [0.2, 0.25) is 0 Å². The lowest BCUT2D eigenvalue weighted by molar-refractivity contribution is -0.141. The van der Waals surface area contributed by atoms with Crippen molar-refractivity contribution in [2.24, 2.45) is 5.92 Å². The first-order valence-electron chi connectivity index (χ1n) is 13.6. The van der Waals surface area contributed by atoms with Gasteiger partial charge in [0.15, 0.2) is 0 Å². The Morgan fingerprint density at radius 3 is 2.38 bits per heavy atom. The van der Waals surface area contributed by atoms with E-state index in [1.165, 1.54) is 23.8 Å². The van der Waals surface area contributed by atoms with Crippen molar-refractivity contribution < 1.29 is 14.3 Å². The van der Waals surface area contributed by atoms with Gasteiger partial charge in [0, 0.05) is 50.9 Å². The number of anilines is 1. The molecule has 0 spiro atoms. The van der Waals surface area contributed by atoms with Crippen LogP contribution in [0.15, 0.2) is 48.5 Å². The fourth-order valence-electron chi connectivity index (χ4n) is 6.23. The van der Waals surface area contributed by atoms with Gasteiger partial charge in [-0.1, -0.05) is 36.4 Å². The van der Waals surface area contributed by atoms with Gasteiger partial charge in [0.05, 0.1) is 7.11 Å². The lowest BCUT2D eigenvalue weighted by atomic mass is 9.83. The molecule has 2 fully saturated rings. The van der Waals surface area contributed by atoms with E-state index in [1.54, 1.807) is 0 Å². The van der Waals surface area contributed by atoms with E-state index < -0.39 is 0 Å². The zero-order chi connectivity index (χ0) is 24.9. The largest absolute Gasteiger partial charge is 0.469 e. The van der Waals surface area contributed by atoms with Crippen LogP contribution >= 0.6 is 12.4 Å². The summed E-state index contributed by atoms with van der Waals surface area (Å²) in [6.07, 6.45) is 7.73. The second-order valence-electron chi connectivity index (χ2n) is 10.6. The van der Waals surface area contributed by atoms with Crippen LogP contribution in [0, 0.1) is 5.92 Å². The number of hydrogen-bond acceptors (Lipinski definition) is 4. The maximum Gasteiger partial charge on any atom is 0.324 e. The van der Waals surface area contributed by atoms with E-state index in [4.69, 9.17) is 4.74 Å². The molecule has 5 rings (SSSR count). The van der Waals surface area contributed by atoms with Gasteiger partial charge in [-0.05, 0) is 79.7 Å². The molecule has 6 nitrogen and oxygen atoms in total. The number of rotatable bonds is 7. The van der Waals surface area contributed by atoms with Crippen LogP contribution in [0.5, 0.6) is 0 Å². The van der Waals surface area contributed by atoms with Crippen molar-refractivity contribution in [3.63, 3.8) is 0 Å². The van der Waals surface area contributed by atoms with Crippen molar-refractivity contribution in [2.75, 3.05) is 38.2 Å². The van der Waals surface area contributed by atoms with Crippen LogP contribution in [0.4, 0.5) is 10.5 Å². The van der Waals surface area contributed by atoms with Crippen LogP contribution in [0.25, 0.3) is 0 Å². The van der Waals surface area contributed by atoms with E-state index in [1.807, 2.05) is 4.90 Å². The summed E-state index contributed by atoms with van der Waals surface area (Å²) < 4.78 is 4.78. The molecule has 7 heteroatoms. The third kappa shape index (κ3) is 6.66. The molecule has 2 amide bonds. The Morgan fingerprint density at radius 2 is 1.65 bits per heavy atom. The summed E-state index contributed by atoms with van der Waals surface area (Å²) in [5, 5.41) is 0. The van der Waals surface area contributed by atoms with E-state index in [-0.39, 0.29) is 24.4 Å². The summed E-state index contributed by atoms with van der Waals surface area (Å²) in [7, 11) is 1.45. The van der Waals surface area contributed by atoms with Crippen LogP contribution in [0.3, 0.4) is 0 Å². The third-order valence-electron chi connectivity index (χ3n) is 8.43. The fraction of sp³-hybridized carbons (Fsp3) is 0.533. The van der Waals surface area contributed by atoms with Crippen molar-refractivity contribution in [3.8, 4) is 0 Å². The Labute approximate surface area is 227 Å². The summed E-state index contributed by atoms with van der Waals surface area (Å²) in [5.74, 6) is 0.451. The quantitative estimate of drug-likeness (QED) is 0.450. The first kappa shape index (κ1) is 27.5. The normalized spacial score (nSPS) is 22.2. The van der Waals surface area contributed by atoms with E-state index in [0.29, 0.717) is 18.4 Å². The zero-order valence-electron chi connectivity index (χ0n) is 21.9. The van der Waals surface area contributed by atoms with Gasteiger partial charge >= 0.3 is 12.0 Å². The van der Waals surface area contributed by atoms with Gasteiger partial charge in [-0.25, -0.2) is 4.79 Å². The maximum absolute atomic E-state index is 13.4. The zero-order valence-corrected chi connectivity index (χ0v) is 22.8. The lowest BCUT2D eigenvalue weighted by Crippen LogP contribution is -2.41. The molecule has 3 aliphatic rings. The number of fused-ring (bicyclic) bond motifs is 1. The molecule has 2 aromatic rings. The molecule has 2 heterocycles. The topological polar surface area (TPSA) is 53.1 Å². The van der Waals surface area contributed by atoms with E-state index in [0.717, 1.165) is 83.4 Å². The van der Waals surface area contributed by atoms with Crippen LogP contribution in [-0.4, -0.2) is 61.1 Å². The van der Waals surface area contributed by atoms with Gasteiger partial charge < -0.3 is 9.64 Å². The second-order valence-corrected chi connectivity index (χ2v) is 10.6. The van der Waals surface area contributed by atoms with Crippen LogP contribution in [0.1, 0.15) is 55.2 Å². The summed E-state index contributed by atoms with van der Waals surface area (Å²) in [4.78, 5) is 31.5. The first-order chi connectivity index (χ1) is 17.6. The summed E-state index contributed by atoms with van der Waals surface area (Å²) in [6.45, 7) is 4.68. The first-order valence-corrected chi connectivity index (χ1v) is 13.6. The van der Waals surface area contributed by atoms with E-state index >= 15 is 0 Å². The average molecular weight is 526 g/mol. The highest BCUT2D eigenvalue weighted by Gasteiger charge is 2.36. The van der Waals surface area contributed by atoms with Crippen molar-refractivity contribution in [1.82, 2.24) is 9.80 Å². The van der Waals surface area contributed by atoms with E-state index in [2.05, 4.69) is 58.3 Å². The minimum absolute atomic E-state index is 0. The number of carbonyl (C=O) groups is 2. The number of methoxy groups -OCH3 is 1. The Balaban J connectivity index is 0.00000320. The number of hydrogen-bond donors (Lipinski definition) is 0. The summed E-state index contributed by atoms with van der Waals surface area (Å²) in [5.41, 5.74) is 5.22. The van der Waals surface area contributed by atoms with Crippen molar-refractivity contribution in [3.05, 3.63) is 65.2 Å². The third-order valence-corrected chi connectivity index (χ3v) is 8.43. The predicted molar refractivity (Wildman–Crippen MR) is 149 cm³/mol. The highest BCUT2D eigenvalue weighted by molar-refractivity contribution is 5.94. The number of urea groups is 1. The summed E-state index contributed by atoms with van der Waals surface area (Å²) >= 11 is 0. The SMILES string of the molecule is COC(=O)CCC1CCC(N2CCN(c3ccc4c(c3)CCN(Cc3ccccc3)CC4)C2=O)CC1.Cl. The molecule has 0 bridgehead atoms. The molecular weight excluding hydrogens is 486 g/mol. The molecule has 200 valence electrons. The fourth-order valence-corrected chi connectivity index (χ4v) is 6.23. The van der Waals surface area contributed by atoms with Crippen molar-refractivity contribution in [2.45, 2.75) is 64.0 Å². The van der Waals surface area contributed by atoms with Crippen LogP contribution < -0.4 is 4.90 Å². The summed E-state index contributed by atoms with van der Waals surface area (Å²) in [6, 6.07) is 17.9. The molecule has 1 saturated heterocycles. The molecule has 37 heavy (non-hydrogen) atoms.